The summed E-state index contributed by atoms with van der Waals surface area (Å²) in [6.45, 7) is 6.01. The smallest absolute Gasteiger partial charge is 0.223 e. The fourth-order valence-electron chi connectivity index (χ4n) is 2.81. The van der Waals surface area contributed by atoms with Crippen LogP contribution >= 0.6 is 0 Å². The first-order chi connectivity index (χ1) is 11.5. The summed E-state index contributed by atoms with van der Waals surface area (Å²) in [5, 5.41) is 0. The molecule has 1 N–H and O–H groups in total. The summed E-state index contributed by atoms with van der Waals surface area (Å²) < 4.78 is 25.6. The van der Waals surface area contributed by atoms with Crippen molar-refractivity contribution in [3.8, 4) is 0 Å². The van der Waals surface area contributed by atoms with Gasteiger partial charge < -0.3 is 4.90 Å². The Kier molecular flexibility index (Phi) is 7.20. The van der Waals surface area contributed by atoms with Gasteiger partial charge in [0, 0.05) is 45.7 Å². The molecule has 134 valence electrons. The van der Waals surface area contributed by atoms with Gasteiger partial charge >= 0.3 is 0 Å². The second-order valence-electron chi connectivity index (χ2n) is 6.11. The lowest BCUT2D eigenvalue weighted by atomic mass is 10.2. The number of benzene rings is 1. The summed E-state index contributed by atoms with van der Waals surface area (Å²) in [7, 11) is -3.23. The molecule has 1 aromatic carbocycles. The normalized spacial score (nSPS) is 16.3. The second-order valence-corrected chi connectivity index (χ2v) is 8.03. The largest absolute Gasteiger partial charge is 0.340 e. The molecule has 6 nitrogen and oxygen atoms in total. The molecule has 0 atom stereocenters. The monoisotopic (exact) mass is 353 g/mol. The summed E-state index contributed by atoms with van der Waals surface area (Å²) in [6.07, 6.45) is 0.800. The first kappa shape index (κ1) is 18.9. The number of nitrogens with zero attached hydrogens (tertiary/aromatic N) is 2. The highest BCUT2D eigenvalue weighted by molar-refractivity contribution is 7.89. The van der Waals surface area contributed by atoms with E-state index in [2.05, 4.69) is 21.8 Å². The molecule has 1 heterocycles. The second kappa shape index (κ2) is 9.15. The molecule has 1 aromatic rings. The number of amides is 1. The van der Waals surface area contributed by atoms with E-state index >= 15 is 0 Å². The number of sulfonamides is 1. The van der Waals surface area contributed by atoms with Gasteiger partial charge in [0.25, 0.3) is 0 Å². The third-order valence-corrected chi connectivity index (χ3v) is 5.70. The van der Waals surface area contributed by atoms with Crippen LogP contribution in [0.25, 0.3) is 0 Å². The Balaban J connectivity index is 1.69. The van der Waals surface area contributed by atoms with Crippen LogP contribution in [-0.2, 0) is 21.4 Å². The van der Waals surface area contributed by atoms with Crippen LogP contribution in [0.4, 0.5) is 0 Å². The van der Waals surface area contributed by atoms with Gasteiger partial charge in [-0.1, -0.05) is 37.3 Å². The van der Waals surface area contributed by atoms with Gasteiger partial charge in [0.05, 0.1) is 5.75 Å². The van der Waals surface area contributed by atoms with Crippen molar-refractivity contribution >= 4 is 15.9 Å². The highest BCUT2D eigenvalue weighted by Gasteiger charge is 2.21. The van der Waals surface area contributed by atoms with Crippen LogP contribution in [0.3, 0.4) is 0 Å². The topological polar surface area (TPSA) is 69.7 Å². The lowest BCUT2D eigenvalue weighted by Crippen LogP contribution is -2.48. The summed E-state index contributed by atoms with van der Waals surface area (Å²) in [5.41, 5.74) is 1.28. The Bertz CT molecular complexity index is 611. The standard InChI is InChI=1S/C17H27N3O3S/c1-2-14-24(22,23)18-9-8-17(21)20-12-10-19(11-13-20)15-16-6-4-3-5-7-16/h3-7,18H,2,8-15H2,1H3. The van der Waals surface area contributed by atoms with Crippen molar-refractivity contribution in [3.63, 3.8) is 0 Å². The van der Waals surface area contributed by atoms with Gasteiger partial charge in [-0.15, -0.1) is 0 Å². The van der Waals surface area contributed by atoms with Gasteiger partial charge in [-0.25, -0.2) is 13.1 Å². The van der Waals surface area contributed by atoms with E-state index < -0.39 is 10.0 Å². The van der Waals surface area contributed by atoms with Crippen LogP contribution in [0.5, 0.6) is 0 Å². The number of rotatable bonds is 8. The maximum Gasteiger partial charge on any atom is 0.223 e. The molecule has 2 rings (SSSR count). The van der Waals surface area contributed by atoms with Crippen LogP contribution in [0.15, 0.2) is 30.3 Å². The van der Waals surface area contributed by atoms with Crippen LogP contribution < -0.4 is 4.72 Å². The molecular formula is C17H27N3O3S. The van der Waals surface area contributed by atoms with Crippen molar-refractivity contribution in [2.24, 2.45) is 0 Å². The van der Waals surface area contributed by atoms with E-state index in [1.165, 1.54) is 5.56 Å². The summed E-state index contributed by atoms with van der Waals surface area (Å²) in [5.74, 6) is 0.132. The zero-order valence-corrected chi connectivity index (χ0v) is 15.1. The molecule has 1 amide bonds. The highest BCUT2D eigenvalue weighted by atomic mass is 32.2. The van der Waals surface area contributed by atoms with E-state index in [1.807, 2.05) is 30.0 Å². The molecule has 0 aliphatic carbocycles. The third kappa shape index (κ3) is 6.22. The highest BCUT2D eigenvalue weighted by Crippen LogP contribution is 2.09. The quantitative estimate of drug-likeness (QED) is 0.758. The molecular weight excluding hydrogens is 326 g/mol. The number of nitrogens with one attached hydrogen (secondary N) is 1. The lowest BCUT2D eigenvalue weighted by Gasteiger charge is -2.34. The van der Waals surface area contributed by atoms with Gasteiger partial charge in [-0.05, 0) is 12.0 Å². The van der Waals surface area contributed by atoms with Gasteiger partial charge in [-0.2, -0.15) is 0 Å². The van der Waals surface area contributed by atoms with Gasteiger partial charge in [-0.3, -0.25) is 9.69 Å². The van der Waals surface area contributed by atoms with E-state index in [1.54, 1.807) is 0 Å². The zero-order valence-electron chi connectivity index (χ0n) is 14.3. The predicted octanol–water partition coefficient (Wildman–Crippen LogP) is 1.05. The molecule has 7 heteroatoms. The molecule has 24 heavy (non-hydrogen) atoms. The van der Waals surface area contributed by atoms with Crippen LogP contribution in [0, 0.1) is 0 Å². The van der Waals surface area contributed by atoms with E-state index in [-0.39, 0.29) is 24.6 Å². The lowest BCUT2D eigenvalue weighted by molar-refractivity contribution is -0.132. The number of piperazine rings is 1. The zero-order chi connectivity index (χ0) is 17.4. The number of hydrogen-bond acceptors (Lipinski definition) is 4. The Labute approximate surface area is 144 Å². The van der Waals surface area contributed by atoms with E-state index in [0.717, 1.165) is 19.6 Å². The molecule has 0 unspecified atom stereocenters. The number of hydrogen-bond donors (Lipinski definition) is 1. The van der Waals surface area contributed by atoms with E-state index in [9.17, 15) is 13.2 Å². The first-order valence-corrected chi connectivity index (χ1v) is 10.2. The van der Waals surface area contributed by atoms with Crippen molar-refractivity contribution in [2.45, 2.75) is 26.3 Å². The molecule has 1 fully saturated rings. The van der Waals surface area contributed by atoms with Crippen LogP contribution in [0.2, 0.25) is 0 Å². The van der Waals surface area contributed by atoms with Gasteiger partial charge in [0.15, 0.2) is 0 Å². The fraction of sp³-hybridized carbons (Fsp3) is 0.588. The number of carbonyl (C=O) groups excluding carboxylic acids is 1. The Morgan fingerprint density at radius 3 is 2.42 bits per heavy atom. The maximum atomic E-state index is 12.2. The fourth-order valence-corrected chi connectivity index (χ4v) is 3.90. The minimum Gasteiger partial charge on any atom is -0.340 e. The minimum atomic E-state index is -3.23. The van der Waals surface area contributed by atoms with Crippen LogP contribution in [-0.4, -0.2) is 62.6 Å². The van der Waals surface area contributed by atoms with Crippen molar-refractivity contribution in [1.29, 1.82) is 0 Å². The average molecular weight is 353 g/mol. The van der Waals surface area contributed by atoms with Crippen molar-refractivity contribution in [2.75, 3.05) is 38.5 Å². The predicted molar refractivity (Wildman–Crippen MR) is 95.0 cm³/mol. The molecule has 0 spiro atoms. The Morgan fingerprint density at radius 2 is 1.79 bits per heavy atom. The van der Waals surface area contributed by atoms with E-state index in [0.29, 0.717) is 19.5 Å². The maximum absolute atomic E-state index is 12.2. The van der Waals surface area contributed by atoms with Gasteiger partial charge in [0.2, 0.25) is 15.9 Å². The molecule has 0 saturated carbocycles. The third-order valence-electron chi connectivity index (χ3n) is 4.11. The SMILES string of the molecule is CCCS(=O)(=O)NCCC(=O)N1CCN(Cc2ccccc2)CC1. The first-order valence-electron chi connectivity index (χ1n) is 8.51. The average Bonchev–Trinajstić information content (AvgIpc) is 2.56. The van der Waals surface area contributed by atoms with Crippen molar-refractivity contribution in [3.05, 3.63) is 35.9 Å². The molecule has 0 aromatic heterocycles. The summed E-state index contributed by atoms with van der Waals surface area (Å²) in [6, 6.07) is 10.3. The van der Waals surface area contributed by atoms with E-state index in [4.69, 9.17) is 0 Å². The van der Waals surface area contributed by atoms with Crippen LogP contribution in [0.1, 0.15) is 25.3 Å². The molecule has 1 aliphatic heterocycles. The Hall–Kier alpha value is -1.44. The van der Waals surface area contributed by atoms with Gasteiger partial charge in [0.1, 0.15) is 0 Å². The summed E-state index contributed by atoms with van der Waals surface area (Å²) >= 11 is 0. The minimum absolute atomic E-state index is 0.0218. The molecule has 1 aliphatic rings. The summed E-state index contributed by atoms with van der Waals surface area (Å²) in [4.78, 5) is 16.3. The van der Waals surface area contributed by atoms with Crippen molar-refractivity contribution < 1.29 is 13.2 Å². The number of carbonyl (C=O) groups is 1. The van der Waals surface area contributed by atoms with Crippen molar-refractivity contribution in [1.82, 2.24) is 14.5 Å². The molecule has 0 radical (unpaired) electrons. The molecule has 0 bridgehead atoms. The Morgan fingerprint density at radius 1 is 1.12 bits per heavy atom. The molecule has 1 saturated heterocycles.